The molecule has 1 aliphatic heterocycles. The van der Waals surface area contributed by atoms with Gasteiger partial charge in [-0.15, -0.1) is 0 Å². The Kier molecular flexibility index (Phi) is 5.43. The zero-order chi connectivity index (χ0) is 16.1. The lowest BCUT2D eigenvalue weighted by Crippen LogP contribution is -2.46. The van der Waals surface area contributed by atoms with Crippen LogP contribution < -0.4 is 11.1 Å². The molecule has 1 aromatic carbocycles. The monoisotopic (exact) mass is 311 g/mol. The molecule has 1 unspecified atom stereocenters. The van der Waals surface area contributed by atoms with Gasteiger partial charge in [0.05, 0.1) is 5.92 Å². The summed E-state index contributed by atoms with van der Waals surface area (Å²) in [7, 11) is 0. The largest absolute Gasteiger partial charge is 0.355 e. The fourth-order valence-electron chi connectivity index (χ4n) is 2.58. The first-order valence-electron chi connectivity index (χ1n) is 7.25. The van der Waals surface area contributed by atoms with Crippen molar-refractivity contribution in [1.29, 1.82) is 0 Å². The summed E-state index contributed by atoms with van der Waals surface area (Å²) >= 11 is 0. The number of carbonyl (C=O) groups is 2. The van der Waals surface area contributed by atoms with Crippen molar-refractivity contribution in [1.82, 2.24) is 10.2 Å². The zero-order valence-electron chi connectivity index (χ0n) is 12.1. The van der Waals surface area contributed by atoms with E-state index in [1.165, 1.54) is 11.0 Å². The molecular weight excluding hydrogens is 292 g/mol. The second-order valence-electron chi connectivity index (χ2n) is 5.27. The number of nitrogens with one attached hydrogen (secondary N) is 1. The molecule has 120 valence electrons. The number of halogens is 2. The van der Waals surface area contributed by atoms with Crippen LogP contribution in [0.2, 0.25) is 0 Å². The average molecular weight is 311 g/mol. The smallest absolute Gasteiger partial charge is 0.259 e. The molecule has 0 spiro atoms. The van der Waals surface area contributed by atoms with Gasteiger partial charge in [-0.3, -0.25) is 9.59 Å². The molecule has 1 aliphatic rings. The fraction of sp³-hybridized carbons (Fsp3) is 0.467. The lowest BCUT2D eigenvalue weighted by atomic mass is 9.96. The second kappa shape index (κ2) is 7.31. The van der Waals surface area contributed by atoms with Gasteiger partial charge in [-0.1, -0.05) is 6.07 Å². The number of likely N-dealkylation sites (tertiary alicyclic amines) is 1. The van der Waals surface area contributed by atoms with E-state index >= 15 is 0 Å². The van der Waals surface area contributed by atoms with Crippen LogP contribution in [0.3, 0.4) is 0 Å². The highest BCUT2D eigenvalue weighted by Gasteiger charge is 2.30. The van der Waals surface area contributed by atoms with Crippen molar-refractivity contribution < 1.29 is 18.4 Å². The number of nitrogens with two attached hydrogens (primary N) is 1. The molecule has 0 radical (unpaired) electrons. The van der Waals surface area contributed by atoms with E-state index in [1.54, 1.807) is 0 Å². The van der Waals surface area contributed by atoms with E-state index < -0.39 is 23.1 Å². The van der Waals surface area contributed by atoms with Crippen LogP contribution in [0.4, 0.5) is 8.78 Å². The van der Waals surface area contributed by atoms with Crippen LogP contribution in [0.5, 0.6) is 0 Å². The molecule has 2 amide bonds. The van der Waals surface area contributed by atoms with E-state index in [0.717, 1.165) is 12.1 Å². The van der Waals surface area contributed by atoms with E-state index in [0.29, 0.717) is 32.5 Å². The molecule has 0 saturated carbocycles. The van der Waals surface area contributed by atoms with Crippen LogP contribution >= 0.6 is 0 Å². The third kappa shape index (κ3) is 3.59. The minimum Gasteiger partial charge on any atom is -0.355 e. The predicted octanol–water partition coefficient (Wildman–Crippen LogP) is 0.892. The topological polar surface area (TPSA) is 75.4 Å². The van der Waals surface area contributed by atoms with Crippen molar-refractivity contribution in [3.63, 3.8) is 0 Å². The standard InChI is InChI=1S/C15H19F2N3O2/c16-11-4-1-5-12(17)13(11)15(22)20-8-2-3-10(9-20)14(21)19-7-6-18/h1,4-5,10H,2-3,6-9,18H2,(H,19,21). The number of hydrogen-bond donors (Lipinski definition) is 2. The number of piperidine rings is 1. The van der Waals surface area contributed by atoms with Crippen LogP contribution in [-0.2, 0) is 4.79 Å². The van der Waals surface area contributed by atoms with Crippen LogP contribution in [0.15, 0.2) is 18.2 Å². The lowest BCUT2D eigenvalue weighted by molar-refractivity contribution is -0.126. The van der Waals surface area contributed by atoms with E-state index in [4.69, 9.17) is 5.73 Å². The molecule has 7 heteroatoms. The first kappa shape index (κ1) is 16.4. The molecule has 1 fully saturated rings. The molecule has 0 bridgehead atoms. The second-order valence-corrected chi connectivity index (χ2v) is 5.27. The van der Waals surface area contributed by atoms with E-state index in [2.05, 4.69) is 5.32 Å². The fourth-order valence-corrected chi connectivity index (χ4v) is 2.58. The Labute approximate surface area is 127 Å². The minimum atomic E-state index is -0.889. The highest BCUT2D eigenvalue weighted by atomic mass is 19.1. The van der Waals surface area contributed by atoms with Crippen LogP contribution in [0, 0.1) is 17.6 Å². The van der Waals surface area contributed by atoms with Gasteiger partial charge >= 0.3 is 0 Å². The minimum absolute atomic E-state index is 0.156. The maximum atomic E-state index is 13.7. The Bertz CT molecular complexity index is 545. The maximum absolute atomic E-state index is 13.7. The lowest BCUT2D eigenvalue weighted by Gasteiger charge is -2.32. The van der Waals surface area contributed by atoms with E-state index in [9.17, 15) is 18.4 Å². The SMILES string of the molecule is NCCNC(=O)C1CCCN(C(=O)c2c(F)cccc2F)C1. The number of benzene rings is 1. The molecule has 0 aromatic heterocycles. The van der Waals surface area contributed by atoms with Gasteiger partial charge in [-0.05, 0) is 25.0 Å². The number of carbonyl (C=O) groups excluding carboxylic acids is 2. The summed E-state index contributed by atoms with van der Waals surface area (Å²) in [6, 6.07) is 3.30. The molecule has 22 heavy (non-hydrogen) atoms. The molecular formula is C15H19F2N3O2. The molecule has 1 atom stereocenters. The van der Waals surface area contributed by atoms with Crippen molar-refractivity contribution >= 4 is 11.8 Å². The van der Waals surface area contributed by atoms with E-state index in [-0.39, 0.29) is 18.4 Å². The summed E-state index contributed by atoms with van der Waals surface area (Å²) in [5, 5.41) is 2.67. The highest BCUT2D eigenvalue weighted by molar-refractivity contribution is 5.95. The third-order valence-electron chi connectivity index (χ3n) is 3.70. The van der Waals surface area contributed by atoms with Crippen molar-refractivity contribution in [2.45, 2.75) is 12.8 Å². The Balaban J connectivity index is 2.09. The van der Waals surface area contributed by atoms with Crippen molar-refractivity contribution in [3.05, 3.63) is 35.4 Å². The molecule has 3 N–H and O–H groups in total. The zero-order valence-corrected chi connectivity index (χ0v) is 12.1. The number of nitrogens with zero attached hydrogens (tertiary/aromatic N) is 1. The van der Waals surface area contributed by atoms with Gasteiger partial charge in [0, 0.05) is 26.2 Å². The maximum Gasteiger partial charge on any atom is 0.259 e. The molecule has 5 nitrogen and oxygen atoms in total. The third-order valence-corrected chi connectivity index (χ3v) is 3.70. The van der Waals surface area contributed by atoms with Gasteiger partial charge in [0.1, 0.15) is 17.2 Å². The van der Waals surface area contributed by atoms with Crippen molar-refractivity contribution in [2.75, 3.05) is 26.2 Å². The van der Waals surface area contributed by atoms with Gasteiger partial charge in [-0.25, -0.2) is 8.78 Å². The summed E-state index contributed by atoms with van der Waals surface area (Å²) < 4.78 is 27.4. The van der Waals surface area contributed by atoms with Gasteiger partial charge in [0.2, 0.25) is 5.91 Å². The first-order valence-corrected chi connectivity index (χ1v) is 7.25. The highest BCUT2D eigenvalue weighted by Crippen LogP contribution is 2.21. The number of amides is 2. The van der Waals surface area contributed by atoms with Gasteiger partial charge in [-0.2, -0.15) is 0 Å². The van der Waals surface area contributed by atoms with E-state index in [1.807, 2.05) is 0 Å². The molecule has 1 heterocycles. The summed E-state index contributed by atoms with van der Waals surface area (Å²) in [6.45, 7) is 1.24. The molecule has 0 aliphatic carbocycles. The van der Waals surface area contributed by atoms with Gasteiger partial charge in [0.25, 0.3) is 5.91 Å². The number of rotatable bonds is 4. The Morgan fingerprint density at radius 2 is 2.00 bits per heavy atom. The molecule has 1 saturated heterocycles. The predicted molar refractivity (Wildman–Crippen MR) is 77.0 cm³/mol. The summed E-state index contributed by atoms with van der Waals surface area (Å²) in [4.78, 5) is 25.6. The molecule has 2 rings (SSSR count). The first-order chi connectivity index (χ1) is 10.5. The van der Waals surface area contributed by atoms with Crippen molar-refractivity contribution in [2.24, 2.45) is 11.7 Å². The van der Waals surface area contributed by atoms with Crippen LogP contribution in [0.1, 0.15) is 23.2 Å². The number of hydrogen-bond acceptors (Lipinski definition) is 3. The quantitative estimate of drug-likeness (QED) is 0.867. The van der Waals surface area contributed by atoms with Crippen LogP contribution in [-0.4, -0.2) is 42.9 Å². The Morgan fingerprint density at radius 3 is 2.64 bits per heavy atom. The van der Waals surface area contributed by atoms with Gasteiger partial charge in [0.15, 0.2) is 0 Å². The Morgan fingerprint density at radius 1 is 1.32 bits per heavy atom. The van der Waals surface area contributed by atoms with Gasteiger partial charge < -0.3 is 16.0 Å². The average Bonchev–Trinajstić information content (AvgIpc) is 2.52. The summed E-state index contributed by atoms with van der Waals surface area (Å²) in [5.74, 6) is -3.05. The molecule has 1 aromatic rings. The van der Waals surface area contributed by atoms with Crippen molar-refractivity contribution in [3.8, 4) is 0 Å². The normalized spacial score (nSPS) is 18.1. The summed E-state index contributed by atoms with van der Waals surface area (Å²) in [6.07, 6.45) is 1.25. The Hall–Kier alpha value is -2.02. The van der Waals surface area contributed by atoms with Crippen LogP contribution in [0.25, 0.3) is 0 Å². The summed E-state index contributed by atoms with van der Waals surface area (Å²) in [5.41, 5.74) is 4.76.